The van der Waals surface area contributed by atoms with Crippen molar-refractivity contribution in [2.24, 2.45) is 4.99 Å². The van der Waals surface area contributed by atoms with Crippen LogP contribution < -0.4 is 10.6 Å². The fraction of sp³-hybridized carbons (Fsp3) is 0.682. The van der Waals surface area contributed by atoms with Crippen molar-refractivity contribution in [3.63, 3.8) is 0 Å². The average Bonchev–Trinajstić information content (AvgIpc) is 2.70. The molecule has 7 nitrogen and oxygen atoms in total. The molecular weight excluding hydrogens is 525 g/mol. The van der Waals surface area contributed by atoms with E-state index in [-0.39, 0.29) is 24.0 Å². The molecule has 2 atom stereocenters. The van der Waals surface area contributed by atoms with E-state index >= 15 is 0 Å². The molecule has 31 heavy (non-hydrogen) atoms. The molecule has 1 aliphatic rings. The zero-order valence-electron chi connectivity index (χ0n) is 19.4. The first kappa shape index (κ1) is 28.1. The van der Waals surface area contributed by atoms with Crippen molar-refractivity contribution in [2.75, 3.05) is 39.0 Å². The molecule has 178 valence electrons. The zero-order chi connectivity index (χ0) is 22.0. The molecule has 0 aromatic heterocycles. The summed E-state index contributed by atoms with van der Waals surface area (Å²) in [5, 5.41) is 6.91. The summed E-state index contributed by atoms with van der Waals surface area (Å²) in [6, 6.07) is 11.5. The van der Waals surface area contributed by atoms with Gasteiger partial charge < -0.3 is 10.6 Å². The largest absolute Gasteiger partial charge is 0.357 e. The predicted molar refractivity (Wildman–Crippen MR) is 141 cm³/mol. The first-order valence-corrected chi connectivity index (χ1v) is 13.0. The molecule has 1 aromatic carbocycles. The van der Waals surface area contributed by atoms with Gasteiger partial charge in [0.05, 0.1) is 6.26 Å². The highest BCUT2D eigenvalue weighted by molar-refractivity contribution is 14.0. The minimum Gasteiger partial charge on any atom is -0.357 e. The second-order valence-corrected chi connectivity index (χ2v) is 10.0. The molecule has 9 heteroatoms. The Morgan fingerprint density at radius 2 is 1.97 bits per heavy atom. The van der Waals surface area contributed by atoms with Gasteiger partial charge in [0.2, 0.25) is 10.0 Å². The van der Waals surface area contributed by atoms with Crippen LogP contribution in [0.5, 0.6) is 0 Å². The Kier molecular flexibility index (Phi) is 13.0. The second-order valence-electron chi connectivity index (χ2n) is 8.04. The van der Waals surface area contributed by atoms with Crippen LogP contribution in [0.25, 0.3) is 0 Å². The number of piperidine rings is 1. The predicted octanol–water partition coefficient (Wildman–Crippen LogP) is 2.88. The Bertz CT molecular complexity index is 760. The van der Waals surface area contributed by atoms with Crippen LogP contribution in [0, 0.1) is 0 Å². The molecule has 2 unspecified atom stereocenters. The molecule has 1 aliphatic heterocycles. The fourth-order valence-corrected chi connectivity index (χ4v) is 4.84. The number of rotatable bonds is 10. The van der Waals surface area contributed by atoms with E-state index < -0.39 is 10.0 Å². The molecule has 1 heterocycles. The minimum atomic E-state index is -3.13. The van der Waals surface area contributed by atoms with Crippen LogP contribution in [0.1, 0.15) is 45.6 Å². The topological polar surface area (TPSA) is 77.0 Å². The average molecular weight is 566 g/mol. The molecule has 1 aromatic rings. The van der Waals surface area contributed by atoms with Crippen molar-refractivity contribution in [3.05, 3.63) is 35.9 Å². The standard InChI is InChI=1S/C22H39N5O2S.HI/c1-5-23-22(24-14-10-15-27(6-2)30(4,28)29)25-21-13-16-26(19(3)17-21)18-20-11-8-7-9-12-20;/h7-9,11-12,19,21H,5-6,10,13-18H2,1-4H3,(H2,23,24,25);1H. The lowest BCUT2D eigenvalue weighted by molar-refractivity contribution is 0.134. The molecule has 2 rings (SSSR count). The molecule has 0 bridgehead atoms. The highest BCUT2D eigenvalue weighted by Crippen LogP contribution is 2.19. The van der Waals surface area contributed by atoms with Crippen LogP contribution in [-0.4, -0.2) is 74.6 Å². The Hall–Kier alpha value is -0.910. The summed E-state index contributed by atoms with van der Waals surface area (Å²) >= 11 is 0. The van der Waals surface area contributed by atoms with E-state index in [9.17, 15) is 8.42 Å². The van der Waals surface area contributed by atoms with Crippen LogP contribution in [0.2, 0.25) is 0 Å². The summed E-state index contributed by atoms with van der Waals surface area (Å²) in [5.74, 6) is 0.827. The molecule has 0 saturated carbocycles. The zero-order valence-corrected chi connectivity index (χ0v) is 22.5. The first-order chi connectivity index (χ1) is 14.3. The lowest BCUT2D eigenvalue weighted by Gasteiger charge is -2.38. The lowest BCUT2D eigenvalue weighted by Crippen LogP contribution is -2.51. The number of benzene rings is 1. The smallest absolute Gasteiger partial charge is 0.211 e. The maximum atomic E-state index is 11.7. The van der Waals surface area contributed by atoms with Crippen molar-refractivity contribution >= 4 is 40.0 Å². The van der Waals surface area contributed by atoms with E-state index in [1.807, 2.05) is 6.92 Å². The van der Waals surface area contributed by atoms with Gasteiger partial charge in [0.15, 0.2) is 5.96 Å². The Balaban J connectivity index is 0.00000480. The molecule has 0 amide bonds. The van der Waals surface area contributed by atoms with Gasteiger partial charge in [-0.25, -0.2) is 12.7 Å². The monoisotopic (exact) mass is 565 g/mol. The van der Waals surface area contributed by atoms with Gasteiger partial charge in [0, 0.05) is 51.4 Å². The third-order valence-corrected chi connectivity index (χ3v) is 6.96. The number of halogens is 1. The van der Waals surface area contributed by atoms with Gasteiger partial charge in [-0.2, -0.15) is 0 Å². The number of hydrogen-bond donors (Lipinski definition) is 2. The first-order valence-electron chi connectivity index (χ1n) is 11.1. The maximum absolute atomic E-state index is 11.7. The number of guanidine groups is 1. The van der Waals surface area contributed by atoms with E-state index in [1.165, 1.54) is 16.1 Å². The van der Waals surface area contributed by atoms with Crippen molar-refractivity contribution in [1.82, 2.24) is 19.8 Å². The van der Waals surface area contributed by atoms with Gasteiger partial charge in [-0.05, 0) is 38.7 Å². The third-order valence-electron chi connectivity index (χ3n) is 5.58. The number of aliphatic imine (C=N–C) groups is 1. The maximum Gasteiger partial charge on any atom is 0.211 e. The number of nitrogens with zero attached hydrogens (tertiary/aromatic N) is 3. The summed E-state index contributed by atoms with van der Waals surface area (Å²) in [6.07, 6.45) is 4.13. The van der Waals surface area contributed by atoms with Gasteiger partial charge in [0.1, 0.15) is 0 Å². The van der Waals surface area contributed by atoms with E-state index in [0.717, 1.165) is 38.4 Å². The quantitative estimate of drug-likeness (QED) is 0.198. The van der Waals surface area contributed by atoms with E-state index in [1.54, 1.807) is 0 Å². The van der Waals surface area contributed by atoms with Gasteiger partial charge in [-0.3, -0.25) is 9.89 Å². The van der Waals surface area contributed by atoms with Crippen LogP contribution in [0.15, 0.2) is 35.3 Å². The Morgan fingerprint density at radius 1 is 1.26 bits per heavy atom. The summed E-state index contributed by atoms with van der Waals surface area (Å²) in [5.41, 5.74) is 1.36. The van der Waals surface area contributed by atoms with Gasteiger partial charge in [0.25, 0.3) is 0 Å². The fourth-order valence-electron chi connectivity index (χ4n) is 3.91. The number of hydrogen-bond acceptors (Lipinski definition) is 4. The number of nitrogens with one attached hydrogen (secondary N) is 2. The normalized spacial score (nSPS) is 20.4. The Morgan fingerprint density at radius 3 is 2.55 bits per heavy atom. The summed E-state index contributed by atoms with van der Waals surface area (Å²) in [6.45, 7) is 10.7. The van der Waals surface area contributed by atoms with Gasteiger partial charge in [-0.15, -0.1) is 24.0 Å². The van der Waals surface area contributed by atoms with E-state index in [4.69, 9.17) is 0 Å². The molecule has 2 N–H and O–H groups in total. The summed E-state index contributed by atoms with van der Waals surface area (Å²) in [4.78, 5) is 7.21. The number of likely N-dealkylation sites (tertiary alicyclic amines) is 1. The lowest BCUT2D eigenvalue weighted by atomic mass is 9.97. The van der Waals surface area contributed by atoms with Crippen LogP contribution >= 0.6 is 24.0 Å². The minimum absolute atomic E-state index is 0. The second kappa shape index (κ2) is 14.3. The molecule has 1 saturated heterocycles. The van der Waals surface area contributed by atoms with E-state index in [2.05, 4.69) is 64.7 Å². The van der Waals surface area contributed by atoms with Crippen LogP contribution in [0.4, 0.5) is 0 Å². The van der Waals surface area contributed by atoms with Crippen LogP contribution in [0.3, 0.4) is 0 Å². The van der Waals surface area contributed by atoms with Gasteiger partial charge in [-0.1, -0.05) is 37.3 Å². The molecule has 0 spiro atoms. The summed E-state index contributed by atoms with van der Waals surface area (Å²) in [7, 11) is -3.13. The van der Waals surface area contributed by atoms with Crippen molar-refractivity contribution in [1.29, 1.82) is 0 Å². The molecule has 0 aliphatic carbocycles. The molecule has 1 fully saturated rings. The molecular formula is C22H40IN5O2S. The van der Waals surface area contributed by atoms with E-state index in [0.29, 0.717) is 38.1 Å². The SMILES string of the molecule is CCNC(=NCCCN(CC)S(C)(=O)=O)NC1CCN(Cc2ccccc2)C(C)C1.I. The van der Waals surface area contributed by atoms with Crippen LogP contribution in [-0.2, 0) is 16.6 Å². The van der Waals surface area contributed by atoms with Crippen molar-refractivity contribution < 1.29 is 8.42 Å². The van der Waals surface area contributed by atoms with Crippen molar-refractivity contribution in [3.8, 4) is 0 Å². The van der Waals surface area contributed by atoms with Gasteiger partial charge >= 0.3 is 0 Å². The highest BCUT2D eigenvalue weighted by atomic mass is 127. The number of sulfonamides is 1. The van der Waals surface area contributed by atoms with Crippen molar-refractivity contribution in [2.45, 2.75) is 58.7 Å². The molecule has 0 radical (unpaired) electrons. The third kappa shape index (κ3) is 10.0. The summed E-state index contributed by atoms with van der Waals surface area (Å²) < 4.78 is 24.9. The Labute approximate surface area is 206 Å². The highest BCUT2D eigenvalue weighted by Gasteiger charge is 2.26.